The van der Waals surface area contributed by atoms with Crippen molar-refractivity contribution >= 4 is 11.6 Å². The van der Waals surface area contributed by atoms with Gasteiger partial charge in [-0.3, -0.25) is 9.78 Å². The second-order valence-corrected chi connectivity index (χ2v) is 4.98. The Morgan fingerprint density at radius 2 is 2.00 bits per heavy atom. The lowest BCUT2D eigenvalue weighted by atomic mass is 10.00. The standard InChI is InChI=1S/C16H16N2O/c19-16-10-14(9-13-5-4-8-17-11-13)12-18(16)15-6-2-1-3-7-15/h1-8,11,14H,9-10,12H2/t14-/m1/s1. The van der Waals surface area contributed by atoms with Crippen LogP contribution in [0.15, 0.2) is 54.9 Å². The van der Waals surface area contributed by atoms with Gasteiger partial charge in [0.25, 0.3) is 0 Å². The van der Waals surface area contributed by atoms with Crippen molar-refractivity contribution in [1.29, 1.82) is 0 Å². The zero-order valence-corrected chi connectivity index (χ0v) is 10.7. The van der Waals surface area contributed by atoms with E-state index in [1.165, 1.54) is 5.56 Å². The molecule has 2 aromatic rings. The minimum absolute atomic E-state index is 0.222. The minimum Gasteiger partial charge on any atom is -0.312 e. The van der Waals surface area contributed by atoms with Crippen LogP contribution in [0.2, 0.25) is 0 Å². The van der Waals surface area contributed by atoms with Crippen LogP contribution in [-0.4, -0.2) is 17.4 Å². The summed E-state index contributed by atoms with van der Waals surface area (Å²) in [4.78, 5) is 18.1. The molecule has 1 aromatic heterocycles. The normalized spacial score (nSPS) is 18.8. The van der Waals surface area contributed by atoms with Gasteiger partial charge in [0, 0.05) is 31.0 Å². The van der Waals surface area contributed by atoms with E-state index < -0.39 is 0 Å². The Bertz CT molecular complexity index is 553. The zero-order valence-electron chi connectivity index (χ0n) is 10.7. The molecule has 1 aliphatic heterocycles. The number of para-hydroxylation sites is 1. The van der Waals surface area contributed by atoms with Gasteiger partial charge in [0.1, 0.15) is 0 Å². The zero-order chi connectivity index (χ0) is 13.1. The van der Waals surface area contributed by atoms with E-state index in [-0.39, 0.29) is 5.91 Å². The Morgan fingerprint density at radius 1 is 1.16 bits per heavy atom. The van der Waals surface area contributed by atoms with Crippen molar-refractivity contribution in [2.24, 2.45) is 5.92 Å². The molecule has 0 aliphatic carbocycles. The fraction of sp³-hybridized carbons (Fsp3) is 0.250. The smallest absolute Gasteiger partial charge is 0.227 e. The van der Waals surface area contributed by atoms with Crippen LogP contribution in [0, 0.1) is 5.92 Å². The summed E-state index contributed by atoms with van der Waals surface area (Å²) in [7, 11) is 0. The Morgan fingerprint density at radius 3 is 2.74 bits per heavy atom. The van der Waals surface area contributed by atoms with Crippen molar-refractivity contribution in [2.45, 2.75) is 12.8 Å². The van der Waals surface area contributed by atoms with Crippen molar-refractivity contribution in [3.8, 4) is 0 Å². The van der Waals surface area contributed by atoms with E-state index in [2.05, 4.69) is 11.1 Å². The summed E-state index contributed by atoms with van der Waals surface area (Å²) in [6.45, 7) is 0.803. The molecule has 1 saturated heterocycles. The lowest BCUT2D eigenvalue weighted by Crippen LogP contribution is -2.24. The Hall–Kier alpha value is -2.16. The van der Waals surface area contributed by atoms with Crippen LogP contribution < -0.4 is 4.90 Å². The molecule has 0 saturated carbocycles. The highest BCUT2D eigenvalue weighted by molar-refractivity contribution is 5.95. The number of carbonyl (C=O) groups is 1. The quantitative estimate of drug-likeness (QED) is 0.841. The van der Waals surface area contributed by atoms with Crippen LogP contribution in [0.1, 0.15) is 12.0 Å². The molecule has 3 nitrogen and oxygen atoms in total. The van der Waals surface area contributed by atoms with Gasteiger partial charge in [-0.15, -0.1) is 0 Å². The van der Waals surface area contributed by atoms with Crippen LogP contribution >= 0.6 is 0 Å². The molecule has 0 radical (unpaired) electrons. The number of hydrogen-bond donors (Lipinski definition) is 0. The van der Waals surface area contributed by atoms with Gasteiger partial charge >= 0.3 is 0 Å². The number of benzene rings is 1. The van der Waals surface area contributed by atoms with Gasteiger partial charge in [0.2, 0.25) is 5.91 Å². The van der Waals surface area contributed by atoms with Gasteiger partial charge in [-0.1, -0.05) is 24.3 Å². The minimum atomic E-state index is 0.222. The first-order valence-electron chi connectivity index (χ1n) is 6.57. The third kappa shape index (κ3) is 2.65. The van der Waals surface area contributed by atoms with Gasteiger partial charge in [0.05, 0.1) is 0 Å². The van der Waals surface area contributed by atoms with Crippen LogP contribution in [0.3, 0.4) is 0 Å². The van der Waals surface area contributed by atoms with Crippen molar-refractivity contribution in [3.63, 3.8) is 0 Å². The molecule has 1 aliphatic rings. The summed E-state index contributed by atoms with van der Waals surface area (Å²) in [6.07, 6.45) is 5.21. The molecule has 1 atom stereocenters. The fourth-order valence-electron chi connectivity index (χ4n) is 2.63. The Labute approximate surface area is 112 Å². The molecule has 0 unspecified atom stereocenters. The first kappa shape index (κ1) is 11.9. The van der Waals surface area contributed by atoms with Gasteiger partial charge in [-0.25, -0.2) is 0 Å². The Kier molecular flexibility index (Phi) is 3.27. The number of pyridine rings is 1. The highest BCUT2D eigenvalue weighted by Gasteiger charge is 2.30. The largest absolute Gasteiger partial charge is 0.312 e. The summed E-state index contributed by atoms with van der Waals surface area (Å²) in [6, 6.07) is 13.9. The van der Waals surface area contributed by atoms with Crippen LogP contribution in [0.25, 0.3) is 0 Å². The molecule has 3 rings (SSSR count). The van der Waals surface area contributed by atoms with Crippen molar-refractivity contribution in [2.75, 3.05) is 11.4 Å². The van der Waals surface area contributed by atoms with Gasteiger partial charge in [-0.2, -0.15) is 0 Å². The average Bonchev–Trinajstić information content (AvgIpc) is 2.82. The molecule has 0 bridgehead atoms. The van der Waals surface area contributed by atoms with E-state index in [9.17, 15) is 4.79 Å². The molecule has 1 amide bonds. The number of anilines is 1. The highest BCUT2D eigenvalue weighted by Crippen LogP contribution is 2.26. The summed E-state index contributed by atoms with van der Waals surface area (Å²) in [5.41, 5.74) is 2.20. The molecule has 1 aromatic carbocycles. The number of carbonyl (C=O) groups excluding carboxylic acids is 1. The second-order valence-electron chi connectivity index (χ2n) is 4.98. The Balaban J connectivity index is 1.70. The molecule has 0 N–H and O–H groups in total. The number of aromatic nitrogens is 1. The molecule has 1 fully saturated rings. The number of nitrogens with zero attached hydrogens (tertiary/aromatic N) is 2. The van der Waals surface area contributed by atoms with Crippen LogP contribution in [0.4, 0.5) is 5.69 Å². The topological polar surface area (TPSA) is 33.2 Å². The van der Waals surface area contributed by atoms with Crippen molar-refractivity contribution < 1.29 is 4.79 Å². The van der Waals surface area contributed by atoms with E-state index >= 15 is 0 Å². The average molecular weight is 252 g/mol. The fourth-order valence-corrected chi connectivity index (χ4v) is 2.63. The predicted octanol–water partition coefficient (Wildman–Crippen LogP) is 2.68. The monoisotopic (exact) mass is 252 g/mol. The second kappa shape index (κ2) is 5.22. The third-order valence-corrected chi connectivity index (χ3v) is 3.52. The highest BCUT2D eigenvalue weighted by atomic mass is 16.2. The maximum Gasteiger partial charge on any atom is 0.227 e. The number of amides is 1. The molecule has 0 spiro atoms. The maximum absolute atomic E-state index is 12.1. The SMILES string of the molecule is O=C1C[C@@H](Cc2cccnc2)CN1c1ccccc1. The van der Waals surface area contributed by atoms with Crippen molar-refractivity contribution in [1.82, 2.24) is 4.98 Å². The summed E-state index contributed by atoms with van der Waals surface area (Å²) >= 11 is 0. The van der Waals surface area contributed by atoms with Crippen LogP contribution in [-0.2, 0) is 11.2 Å². The summed E-state index contributed by atoms with van der Waals surface area (Å²) < 4.78 is 0. The first-order valence-corrected chi connectivity index (χ1v) is 6.57. The van der Waals surface area contributed by atoms with Crippen LogP contribution in [0.5, 0.6) is 0 Å². The van der Waals surface area contributed by atoms with Gasteiger partial charge < -0.3 is 4.90 Å². The van der Waals surface area contributed by atoms with Gasteiger partial charge in [-0.05, 0) is 36.1 Å². The van der Waals surface area contributed by atoms with E-state index in [1.807, 2.05) is 47.5 Å². The molecule has 2 heterocycles. The third-order valence-electron chi connectivity index (χ3n) is 3.52. The molecule has 19 heavy (non-hydrogen) atoms. The van der Waals surface area contributed by atoms with Crippen molar-refractivity contribution in [3.05, 3.63) is 60.4 Å². The van der Waals surface area contributed by atoms with E-state index in [0.717, 1.165) is 18.7 Å². The lowest BCUT2D eigenvalue weighted by molar-refractivity contribution is -0.117. The van der Waals surface area contributed by atoms with E-state index in [4.69, 9.17) is 0 Å². The molecule has 3 heteroatoms. The molecular weight excluding hydrogens is 236 g/mol. The van der Waals surface area contributed by atoms with E-state index in [1.54, 1.807) is 6.20 Å². The molecular formula is C16H16N2O. The summed E-state index contributed by atoms with van der Waals surface area (Å²) in [5, 5.41) is 0. The van der Waals surface area contributed by atoms with E-state index in [0.29, 0.717) is 12.3 Å². The lowest BCUT2D eigenvalue weighted by Gasteiger charge is -2.16. The van der Waals surface area contributed by atoms with Gasteiger partial charge in [0.15, 0.2) is 0 Å². The predicted molar refractivity (Wildman–Crippen MR) is 74.8 cm³/mol. The summed E-state index contributed by atoms with van der Waals surface area (Å²) in [5.74, 6) is 0.608. The molecule has 96 valence electrons. The maximum atomic E-state index is 12.1. The number of rotatable bonds is 3. The number of hydrogen-bond acceptors (Lipinski definition) is 2. The first-order chi connectivity index (χ1) is 9.33.